The van der Waals surface area contributed by atoms with Crippen LogP contribution < -0.4 is 5.32 Å². The Labute approximate surface area is 254 Å². The van der Waals surface area contributed by atoms with Gasteiger partial charge in [0.2, 0.25) is 0 Å². The fraction of sp³-hybridized carbons (Fsp3) is 0.708. The molecule has 0 bridgehead atoms. The monoisotopic (exact) mass is 687 g/mol. The average molecular weight is 687 g/mol. The van der Waals surface area contributed by atoms with Gasteiger partial charge >= 0.3 is 59.6 Å². The van der Waals surface area contributed by atoms with Crippen molar-refractivity contribution in [2.45, 2.75) is 95.3 Å². The highest BCUT2D eigenvalue weighted by Crippen LogP contribution is 2.47. The van der Waals surface area contributed by atoms with Crippen molar-refractivity contribution in [2.75, 3.05) is 13.7 Å². The number of amides is 1. The van der Waals surface area contributed by atoms with Crippen molar-refractivity contribution >= 4 is 41.7 Å². The van der Waals surface area contributed by atoms with Gasteiger partial charge in [0, 0.05) is 34.6 Å². The molecule has 0 spiro atoms. The first-order chi connectivity index (χ1) is 20.8. The maximum Gasteiger partial charge on any atom is 0.460 e. The van der Waals surface area contributed by atoms with Crippen LogP contribution in [-0.2, 0) is 66.7 Å². The predicted octanol–water partition coefficient (Wildman–Crippen LogP) is 0.884. The minimum Gasteiger partial charge on any atom is -0.464 e. The largest absolute Gasteiger partial charge is 0.464 e. The van der Waals surface area contributed by atoms with Crippen LogP contribution in [0.2, 0.25) is 0 Å². The molecule has 0 saturated carbocycles. The number of esters is 6. The smallest absolute Gasteiger partial charge is 0.460 e. The van der Waals surface area contributed by atoms with Crippen molar-refractivity contribution in [3.63, 3.8) is 0 Å². The lowest BCUT2D eigenvalue weighted by Gasteiger charge is -2.48. The Morgan fingerprint density at radius 3 is 1.78 bits per heavy atom. The molecule has 0 aromatic heterocycles. The molecule has 1 saturated heterocycles. The van der Waals surface area contributed by atoms with Crippen LogP contribution in [0, 0.1) is 0 Å². The summed E-state index contributed by atoms with van der Waals surface area (Å²) in [5.41, 5.74) is 0. The van der Waals surface area contributed by atoms with Crippen LogP contribution in [0.1, 0.15) is 41.0 Å². The van der Waals surface area contributed by atoms with E-state index in [0.29, 0.717) is 27.9 Å². The maximum absolute atomic E-state index is 14.4. The third-order valence-electron chi connectivity index (χ3n) is 5.77. The van der Waals surface area contributed by atoms with Crippen LogP contribution in [0.5, 0.6) is 0 Å². The fourth-order valence-electron chi connectivity index (χ4n) is 4.06. The number of methoxy groups -OCH3 is 1. The molecule has 0 aromatic carbocycles. The van der Waals surface area contributed by atoms with Gasteiger partial charge in [-0.1, -0.05) is 0 Å². The zero-order chi connectivity index (χ0) is 36.0. The SMILES string of the molecule is COC(=O)[C@]1(OC(C)=O)C[C@H](OC(C)=O)[C@@H](NC(=O)C(F)(F)C(F)(F)C(F)(F)F)[C@H]([C@H](OC(C)=O)[C@@H](COC(C)=O)OC(C)=O)O1. The van der Waals surface area contributed by atoms with Crippen LogP contribution in [0.25, 0.3) is 0 Å². The number of halogens is 7. The lowest BCUT2D eigenvalue weighted by atomic mass is 9.87. The molecule has 15 nitrogen and oxygen atoms in total. The molecule has 1 fully saturated rings. The first kappa shape index (κ1) is 39.8. The van der Waals surface area contributed by atoms with Gasteiger partial charge in [0.05, 0.1) is 19.6 Å². The van der Waals surface area contributed by atoms with E-state index in [0.717, 1.165) is 19.2 Å². The molecule has 0 aromatic rings. The maximum atomic E-state index is 14.4. The Morgan fingerprint density at radius 2 is 1.37 bits per heavy atom. The van der Waals surface area contributed by atoms with E-state index in [9.17, 15) is 64.3 Å². The van der Waals surface area contributed by atoms with Crippen molar-refractivity contribution in [2.24, 2.45) is 0 Å². The fourth-order valence-corrected chi connectivity index (χ4v) is 4.06. The summed E-state index contributed by atoms with van der Waals surface area (Å²) in [7, 11) is 0.701. The number of carbonyl (C=O) groups is 7. The molecule has 262 valence electrons. The van der Waals surface area contributed by atoms with E-state index in [2.05, 4.69) is 4.74 Å². The molecule has 1 aliphatic rings. The van der Waals surface area contributed by atoms with E-state index < -0.39 is 109 Å². The molecule has 0 radical (unpaired) electrons. The van der Waals surface area contributed by atoms with Crippen molar-refractivity contribution in [3.8, 4) is 0 Å². The van der Waals surface area contributed by atoms with Gasteiger partial charge in [-0.3, -0.25) is 28.8 Å². The summed E-state index contributed by atoms with van der Waals surface area (Å²) in [4.78, 5) is 84.8. The second-order valence-electron chi connectivity index (χ2n) is 9.44. The molecule has 0 aliphatic carbocycles. The highest BCUT2D eigenvalue weighted by atomic mass is 19.4. The average Bonchev–Trinajstić information content (AvgIpc) is 2.88. The van der Waals surface area contributed by atoms with Gasteiger partial charge in [-0.2, -0.15) is 30.7 Å². The summed E-state index contributed by atoms with van der Waals surface area (Å²) in [5, 5.41) is 1.11. The van der Waals surface area contributed by atoms with E-state index in [1.165, 1.54) is 0 Å². The summed E-state index contributed by atoms with van der Waals surface area (Å²) in [6.45, 7) is 2.56. The van der Waals surface area contributed by atoms with Crippen LogP contribution in [0.15, 0.2) is 0 Å². The summed E-state index contributed by atoms with van der Waals surface area (Å²) >= 11 is 0. The van der Waals surface area contributed by atoms with E-state index >= 15 is 0 Å². The van der Waals surface area contributed by atoms with Crippen LogP contribution in [0.3, 0.4) is 0 Å². The zero-order valence-corrected chi connectivity index (χ0v) is 24.7. The highest BCUT2D eigenvalue weighted by Gasteiger charge is 2.77. The Balaban J connectivity index is 4.09. The van der Waals surface area contributed by atoms with E-state index in [4.69, 9.17) is 28.4 Å². The van der Waals surface area contributed by atoms with E-state index in [1.54, 1.807) is 0 Å². The van der Waals surface area contributed by atoms with Gasteiger partial charge < -0.3 is 38.5 Å². The lowest BCUT2D eigenvalue weighted by molar-refractivity contribution is -0.344. The Hall–Kier alpha value is -4.24. The molecule has 6 atom stereocenters. The molecule has 1 rings (SSSR count). The molecule has 1 amide bonds. The number of hydrogen-bond acceptors (Lipinski definition) is 14. The van der Waals surface area contributed by atoms with E-state index in [1.807, 2.05) is 0 Å². The number of carbonyl (C=O) groups excluding carboxylic acids is 7. The molecule has 0 unspecified atom stereocenters. The Kier molecular flexibility index (Phi) is 12.9. The second-order valence-corrected chi connectivity index (χ2v) is 9.44. The standard InChI is InChI=1S/C24H28F7NO14/c1-9(33)41-8-15(43-11(3)35)17(44-12(4)36)18-16(32-19(38)22(25,26)23(27,28)24(29,30)31)14(42-10(2)34)7-21(46-18,20(39)40-6)45-13(5)37/h14-18H,7-8H2,1-6H3,(H,32,38)/t14-,15+,16+,17+,18+,21-/m0/s1. The molecule has 1 heterocycles. The van der Waals surface area contributed by atoms with Crippen LogP contribution in [-0.4, -0.2) is 110 Å². The third-order valence-corrected chi connectivity index (χ3v) is 5.77. The molecular weight excluding hydrogens is 659 g/mol. The van der Waals surface area contributed by atoms with Gasteiger partial charge in [0.15, 0.2) is 12.2 Å². The number of nitrogens with one attached hydrogen (secondary N) is 1. The quantitative estimate of drug-likeness (QED) is 0.173. The normalized spacial score (nSPS) is 23.1. The first-order valence-corrected chi connectivity index (χ1v) is 12.6. The van der Waals surface area contributed by atoms with Crippen molar-refractivity contribution in [1.82, 2.24) is 5.32 Å². The zero-order valence-electron chi connectivity index (χ0n) is 24.7. The molecule has 1 N–H and O–H groups in total. The molecule has 22 heteroatoms. The third kappa shape index (κ3) is 9.39. The van der Waals surface area contributed by atoms with Crippen LogP contribution in [0.4, 0.5) is 30.7 Å². The number of alkyl halides is 7. The lowest BCUT2D eigenvalue weighted by Crippen LogP contribution is -2.71. The van der Waals surface area contributed by atoms with Gasteiger partial charge in [0.25, 0.3) is 5.91 Å². The Bertz CT molecular complexity index is 1210. The summed E-state index contributed by atoms with van der Waals surface area (Å²) in [6, 6.07) is -2.61. The molecule has 46 heavy (non-hydrogen) atoms. The minimum absolute atomic E-state index is 0.660. The van der Waals surface area contributed by atoms with Gasteiger partial charge in [-0.15, -0.1) is 0 Å². The van der Waals surface area contributed by atoms with Crippen molar-refractivity contribution < 1.29 is 97.5 Å². The summed E-state index contributed by atoms with van der Waals surface area (Å²) in [6.07, 6.45) is -17.7. The number of ether oxygens (including phenoxy) is 7. The van der Waals surface area contributed by atoms with Crippen molar-refractivity contribution in [3.05, 3.63) is 0 Å². The van der Waals surface area contributed by atoms with Gasteiger partial charge in [-0.05, 0) is 0 Å². The summed E-state index contributed by atoms with van der Waals surface area (Å²) in [5.74, 6) is -28.0. The number of hydrogen-bond donors (Lipinski definition) is 1. The van der Waals surface area contributed by atoms with Gasteiger partial charge in [0.1, 0.15) is 18.8 Å². The van der Waals surface area contributed by atoms with Gasteiger partial charge in [-0.25, -0.2) is 4.79 Å². The molecule has 1 aliphatic heterocycles. The predicted molar refractivity (Wildman–Crippen MR) is 127 cm³/mol. The van der Waals surface area contributed by atoms with Crippen LogP contribution >= 0.6 is 0 Å². The topological polar surface area (TPSA) is 196 Å². The minimum atomic E-state index is -7.00. The highest BCUT2D eigenvalue weighted by molar-refractivity contribution is 5.86. The van der Waals surface area contributed by atoms with E-state index in [-0.39, 0.29) is 0 Å². The number of rotatable bonds is 12. The first-order valence-electron chi connectivity index (χ1n) is 12.6. The Morgan fingerprint density at radius 1 is 0.826 bits per heavy atom. The second kappa shape index (κ2) is 14.9. The molecular formula is C24H28F7NO14. The summed E-state index contributed by atoms with van der Waals surface area (Å²) < 4.78 is 130. The van der Waals surface area contributed by atoms with Crippen molar-refractivity contribution in [1.29, 1.82) is 0 Å².